The SMILES string of the molecule is CCOC(=O)[C@@]12CC1/C=C\CCCCC[C@H](NC(=O)OC1CCCC1)C(=O)N1C[C@H](Oc3cc(-c4csc(N(C(=O)OC(C)(C)C)C(C)C)n4)nc4cc(OC)ccc34)C[C@H]1C(=O)N2. The number of esters is 1. The molecule has 5 atom stereocenters. The Morgan fingerprint density at radius 2 is 1.78 bits per heavy atom. The van der Waals surface area contributed by atoms with Crippen LogP contribution in [0.15, 0.2) is 41.8 Å². The average Bonchev–Trinajstić information content (AvgIpc) is 3.68. The molecule has 346 valence electrons. The summed E-state index contributed by atoms with van der Waals surface area (Å²) in [6.07, 6.45) is 9.39. The Bertz CT molecular complexity index is 2230. The maximum absolute atomic E-state index is 14.8. The lowest BCUT2D eigenvalue weighted by atomic mass is 10.0. The molecule has 17 heteroatoms. The highest BCUT2D eigenvalue weighted by molar-refractivity contribution is 7.14. The Balaban J connectivity index is 1.22. The number of allylic oxidation sites excluding steroid dienone is 1. The molecule has 2 aliphatic heterocycles. The van der Waals surface area contributed by atoms with Gasteiger partial charge in [-0.25, -0.2) is 24.4 Å². The molecule has 1 aromatic carbocycles. The van der Waals surface area contributed by atoms with Crippen LogP contribution in [0, 0.1) is 5.92 Å². The van der Waals surface area contributed by atoms with Gasteiger partial charge in [-0.05, 0) is 105 Å². The van der Waals surface area contributed by atoms with Gasteiger partial charge in [0.25, 0.3) is 0 Å². The van der Waals surface area contributed by atoms with Gasteiger partial charge in [0, 0.05) is 41.3 Å². The van der Waals surface area contributed by atoms with E-state index in [9.17, 15) is 24.0 Å². The highest BCUT2D eigenvalue weighted by Crippen LogP contribution is 2.46. The summed E-state index contributed by atoms with van der Waals surface area (Å²) in [6, 6.07) is 4.93. The van der Waals surface area contributed by atoms with E-state index in [1.54, 1.807) is 32.2 Å². The Hall–Kier alpha value is -5.45. The number of nitrogens with one attached hydrogen (secondary N) is 2. The number of amides is 4. The van der Waals surface area contributed by atoms with Crippen LogP contribution in [0.5, 0.6) is 11.5 Å². The second-order valence-electron chi connectivity index (χ2n) is 18.4. The van der Waals surface area contributed by atoms with E-state index in [0.29, 0.717) is 58.2 Å². The molecule has 0 bridgehead atoms. The fraction of sp³-hybridized carbons (Fsp3) is 0.596. The largest absolute Gasteiger partial charge is 0.497 e. The Morgan fingerprint density at radius 1 is 1.02 bits per heavy atom. The summed E-state index contributed by atoms with van der Waals surface area (Å²) < 4.78 is 29.3. The number of methoxy groups -OCH3 is 1. The first kappa shape index (κ1) is 46.5. The number of carbonyl (C=O) groups excluding carboxylic acids is 5. The lowest BCUT2D eigenvalue weighted by molar-refractivity contribution is -0.150. The fourth-order valence-electron chi connectivity index (χ4n) is 8.75. The number of pyridine rings is 1. The summed E-state index contributed by atoms with van der Waals surface area (Å²) in [4.78, 5) is 82.2. The van der Waals surface area contributed by atoms with Gasteiger partial charge in [0.05, 0.1) is 31.5 Å². The van der Waals surface area contributed by atoms with Crippen LogP contribution in [0.4, 0.5) is 14.7 Å². The van der Waals surface area contributed by atoms with Crippen molar-refractivity contribution in [2.75, 3.05) is 25.2 Å². The standard InChI is InChI=1S/C47H62N6O10S/c1-8-60-42(56)47-25-29(47)16-12-10-9-11-13-19-34(50-44(57)62-30-17-14-15-18-30)41(55)52-26-32(23-38(52)40(54)51-47)61-39-24-36(48-35-22-31(59-7)20-21-33(35)39)37-27-64-43(49-37)53(28(2)3)45(58)63-46(4,5)6/h12,16,20-22,24,27-30,32,34,38H,8-11,13-15,17-19,23,25-26H2,1-7H3,(H,50,57)(H,51,54)/b16-12-/t29?,32-,34+,38+,47-/m1/s1. The summed E-state index contributed by atoms with van der Waals surface area (Å²) in [5, 5.41) is 8.78. The van der Waals surface area contributed by atoms with Crippen molar-refractivity contribution in [2.24, 2.45) is 5.92 Å². The number of rotatable bonds is 10. The van der Waals surface area contributed by atoms with Gasteiger partial charge in [-0.3, -0.25) is 14.5 Å². The molecular weight excluding hydrogens is 841 g/mol. The second-order valence-corrected chi connectivity index (χ2v) is 19.2. The third kappa shape index (κ3) is 10.7. The molecule has 3 fully saturated rings. The van der Waals surface area contributed by atoms with E-state index < -0.39 is 59.3 Å². The molecule has 4 amide bonds. The molecule has 1 saturated heterocycles. The van der Waals surface area contributed by atoms with E-state index in [-0.39, 0.29) is 37.6 Å². The monoisotopic (exact) mass is 902 g/mol. The predicted molar refractivity (Wildman–Crippen MR) is 241 cm³/mol. The first-order valence-electron chi connectivity index (χ1n) is 22.7. The molecule has 2 aliphatic carbocycles. The fourth-order valence-corrected chi connectivity index (χ4v) is 9.69. The Morgan fingerprint density at radius 3 is 2.50 bits per heavy atom. The molecule has 3 aromatic rings. The maximum Gasteiger partial charge on any atom is 0.416 e. The number of nitrogens with zero attached hydrogens (tertiary/aromatic N) is 4. The van der Waals surface area contributed by atoms with E-state index in [2.05, 4.69) is 10.6 Å². The molecule has 7 rings (SSSR count). The Labute approximate surface area is 378 Å². The maximum atomic E-state index is 14.8. The first-order valence-corrected chi connectivity index (χ1v) is 23.5. The van der Waals surface area contributed by atoms with E-state index in [1.807, 2.05) is 58.2 Å². The minimum Gasteiger partial charge on any atom is -0.497 e. The number of thiazole rings is 1. The number of hydrogen-bond acceptors (Lipinski definition) is 13. The summed E-state index contributed by atoms with van der Waals surface area (Å²) in [6.45, 7) is 11.1. The van der Waals surface area contributed by atoms with Crippen LogP contribution in [0.25, 0.3) is 22.3 Å². The highest BCUT2D eigenvalue weighted by Gasteiger charge is 2.62. The average molecular weight is 903 g/mol. The molecule has 0 spiro atoms. The van der Waals surface area contributed by atoms with Crippen molar-refractivity contribution in [1.82, 2.24) is 25.5 Å². The quantitative estimate of drug-likeness (QED) is 0.114. The van der Waals surface area contributed by atoms with Crippen molar-refractivity contribution in [3.05, 3.63) is 41.8 Å². The van der Waals surface area contributed by atoms with Crippen LogP contribution in [-0.4, -0.2) is 107 Å². The number of alkyl carbamates (subject to hydrolysis) is 1. The molecule has 4 aliphatic rings. The van der Waals surface area contributed by atoms with Gasteiger partial charge in [0.2, 0.25) is 11.8 Å². The van der Waals surface area contributed by atoms with Crippen molar-refractivity contribution < 1.29 is 47.7 Å². The van der Waals surface area contributed by atoms with Crippen molar-refractivity contribution >= 4 is 57.3 Å². The topological polar surface area (TPSA) is 188 Å². The second kappa shape index (κ2) is 19.7. The van der Waals surface area contributed by atoms with Crippen molar-refractivity contribution in [2.45, 2.75) is 154 Å². The molecule has 2 saturated carbocycles. The number of hydrogen-bond donors (Lipinski definition) is 2. The lowest BCUT2D eigenvalue weighted by Gasteiger charge is -2.29. The lowest BCUT2D eigenvalue weighted by Crippen LogP contribution is -2.56. The summed E-state index contributed by atoms with van der Waals surface area (Å²) in [5.74, 6) is -0.708. The minimum absolute atomic E-state index is 0.0118. The normalized spacial score (nSPS) is 24.7. The number of carbonyl (C=O) groups is 5. The van der Waals surface area contributed by atoms with Crippen molar-refractivity contribution in [3.8, 4) is 22.9 Å². The van der Waals surface area contributed by atoms with Crippen LogP contribution in [0.2, 0.25) is 0 Å². The molecule has 2 aromatic heterocycles. The summed E-state index contributed by atoms with van der Waals surface area (Å²) in [7, 11) is 1.57. The van der Waals surface area contributed by atoms with Crippen molar-refractivity contribution in [1.29, 1.82) is 0 Å². The zero-order valence-electron chi connectivity index (χ0n) is 38.0. The van der Waals surface area contributed by atoms with Gasteiger partial charge in [0.1, 0.15) is 52.6 Å². The van der Waals surface area contributed by atoms with Gasteiger partial charge in [-0.1, -0.05) is 25.0 Å². The van der Waals surface area contributed by atoms with Gasteiger partial charge >= 0.3 is 18.2 Å². The molecule has 64 heavy (non-hydrogen) atoms. The number of aromatic nitrogens is 2. The predicted octanol–water partition coefficient (Wildman–Crippen LogP) is 7.86. The van der Waals surface area contributed by atoms with Gasteiger partial charge in [-0.2, -0.15) is 0 Å². The van der Waals surface area contributed by atoms with Crippen molar-refractivity contribution in [3.63, 3.8) is 0 Å². The molecule has 4 heterocycles. The zero-order chi connectivity index (χ0) is 45.8. The highest BCUT2D eigenvalue weighted by atomic mass is 32.1. The van der Waals surface area contributed by atoms with E-state index in [1.165, 1.54) is 21.1 Å². The minimum atomic E-state index is -1.25. The molecular formula is C47H62N6O10S. The van der Waals surface area contributed by atoms with Gasteiger partial charge in [0.15, 0.2) is 5.13 Å². The number of benzene rings is 1. The molecule has 0 radical (unpaired) electrons. The number of anilines is 1. The summed E-state index contributed by atoms with van der Waals surface area (Å²) >= 11 is 1.28. The van der Waals surface area contributed by atoms with Gasteiger partial charge < -0.3 is 39.2 Å². The molecule has 2 N–H and O–H groups in total. The Kier molecular flexibility index (Phi) is 14.4. The zero-order valence-corrected chi connectivity index (χ0v) is 38.8. The summed E-state index contributed by atoms with van der Waals surface area (Å²) in [5.41, 5.74) is -0.461. The van der Waals surface area contributed by atoms with Crippen LogP contribution in [0.1, 0.15) is 112 Å². The van der Waals surface area contributed by atoms with E-state index in [0.717, 1.165) is 44.9 Å². The van der Waals surface area contributed by atoms with E-state index in [4.69, 9.17) is 33.7 Å². The third-order valence-corrected chi connectivity index (χ3v) is 12.9. The molecule has 1 unspecified atom stereocenters. The third-order valence-electron chi connectivity index (χ3n) is 12.1. The number of ether oxygens (including phenoxy) is 5. The van der Waals surface area contributed by atoms with Crippen LogP contribution >= 0.6 is 11.3 Å². The van der Waals surface area contributed by atoms with Crippen LogP contribution < -0.4 is 25.0 Å². The first-order chi connectivity index (χ1) is 30.6. The smallest absolute Gasteiger partial charge is 0.416 e. The number of fused-ring (bicyclic) bond motifs is 3. The van der Waals surface area contributed by atoms with Crippen LogP contribution in [-0.2, 0) is 28.6 Å². The van der Waals surface area contributed by atoms with E-state index >= 15 is 0 Å². The van der Waals surface area contributed by atoms with Gasteiger partial charge in [-0.15, -0.1) is 11.3 Å². The molecule has 16 nitrogen and oxygen atoms in total. The van der Waals surface area contributed by atoms with Crippen LogP contribution in [0.3, 0.4) is 0 Å².